The molecule has 0 saturated carbocycles. The summed E-state index contributed by atoms with van der Waals surface area (Å²) in [5, 5.41) is 29.2. The molecule has 0 bridgehead atoms. The highest BCUT2D eigenvalue weighted by molar-refractivity contribution is 7.80. The molecular weight excluding hydrogens is 1320 g/mol. The number of alkyl carbamates (subject to hydrolysis) is 1. The van der Waals surface area contributed by atoms with Crippen molar-refractivity contribution in [1.82, 2.24) is 41.5 Å². The van der Waals surface area contributed by atoms with E-state index in [4.69, 9.17) is 67.5 Å². The van der Waals surface area contributed by atoms with Gasteiger partial charge in [0.1, 0.15) is 58.6 Å². The molecule has 9 N–H and O–H groups in total. The van der Waals surface area contributed by atoms with Gasteiger partial charge in [0.15, 0.2) is 10.8 Å². The lowest BCUT2D eigenvalue weighted by molar-refractivity contribution is -0.198. The molecule has 6 rings (SSSR count). The third kappa shape index (κ3) is 21.0. The van der Waals surface area contributed by atoms with Crippen LogP contribution < -0.4 is 47.3 Å². The Morgan fingerprint density at radius 2 is 1.64 bits per heavy atom. The fourth-order valence-electron chi connectivity index (χ4n) is 11.0. The number of benzene rings is 2. The van der Waals surface area contributed by atoms with Crippen molar-refractivity contribution in [3.63, 3.8) is 0 Å². The number of primary amides is 1. The van der Waals surface area contributed by atoms with Crippen LogP contribution in [0.1, 0.15) is 109 Å². The summed E-state index contributed by atoms with van der Waals surface area (Å²) in [6.45, 7) is 16.8. The minimum atomic E-state index is -1.90. The third-order valence-electron chi connectivity index (χ3n) is 17.1. The molecule has 0 radical (unpaired) electrons. The van der Waals surface area contributed by atoms with Gasteiger partial charge in [0, 0.05) is 70.4 Å². The van der Waals surface area contributed by atoms with Crippen molar-refractivity contribution in [3.8, 4) is 5.75 Å². The first-order chi connectivity index (χ1) is 46.4. The van der Waals surface area contributed by atoms with Gasteiger partial charge in [-0.3, -0.25) is 34.1 Å². The Balaban J connectivity index is 1.09. The number of hydrogen-bond donors (Lipinski definition) is 8. The highest BCUT2D eigenvalue weighted by Crippen LogP contribution is 2.49. The first kappa shape index (κ1) is 78.4. The van der Waals surface area contributed by atoms with Crippen LogP contribution in [0.25, 0.3) is 10.9 Å². The van der Waals surface area contributed by atoms with Crippen molar-refractivity contribution in [1.29, 1.82) is 0 Å². The summed E-state index contributed by atoms with van der Waals surface area (Å²) in [7, 11) is 5.75. The van der Waals surface area contributed by atoms with Crippen molar-refractivity contribution >= 4 is 111 Å². The second kappa shape index (κ2) is 35.8. The molecule has 4 heterocycles. The molecule has 3 aliphatic heterocycles. The quantitative estimate of drug-likeness (QED) is 0.00998. The predicted molar refractivity (Wildman–Crippen MR) is 362 cm³/mol. The number of halogens is 1. The van der Waals surface area contributed by atoms with Gasteiger partial charge in [0.2, 0.25) is 17.7 Å². The average Bonchev–Trinajstić information content (AvgIpc) is 1.57. The molecule has 10 atom stereocenters. The van der Waals surface area contributed by atoms with Crippen LogP contribution in [0.15, 0.2) is 66.8 Å². The zero-order valence-electron chi connectivity index (χ0n) is 56.9. The minimum Gasteiger partial charge on any atom is -0.495 e. The predicted octanol–water partition coefficient (Wildman–Crippen LogP) is 4.40. The Bertz CT molecular complexity index is 3470. The first-order valence-electron chi connectivity index (χ1n) is 32.0. The van der Waals surface area contributed by atoms with Crippen LogP contribution >= 0.6 is 23.8 Å². The number of cyclic esters (lactones) is 1. The second-order valence-electron chi connectivity index (χ2n) is 24.5. The molecule has 32 heteroatoms. The van der Waals surface area contributed by atoms with E-state index < -0.39 is 126 Å². The number of aliphatic hydroxyl groups is 1. The molecule has 3 saturated heterocycles. The molecule has 2 aromatic carbocycles. The monoisotopic (exact) mass is 1410 g/mol. The Kier molecular flexibility index (Phi) is 28.6. The number of hydroxylamine groups is 2. The van der Waals surface area contributed by atoms with Crippen LogP contribution in [-0.4, -0.2) is 206 Å². The van der Waals surface area contributed by atoms with Gasteiger partial charge < -0.3 is 85.2 Å². The smallest absolute Gasteiger partial charge is 0.409 e. The highest BCUT2D eigenvalue weighted by Gasteiger charge is 2.64. The van der Waals surface area contributed by atoms with E-state index in [1.54, 1.807) is 58.0 Å². The van der Waals surface area contributed by atoms with Gasteiger partial charge in [-0.2, -0.15) is 0 Å². The number of pyridine rings is 1. The number of thiocarbonyl (C=S) groups is 1. The molecule has 0 aliphatic carbocycles. The summed E-state index contributed by atoms with van der Waals surface area (Å²) >= 11 is 12.3. The summed E-state index contributed by atoms with van der Waals surface area (Å²) in [5.41, 5.74) is 4.70. The molecule has 98 heavy (non-hydrogen) atoms. The first-order valence-corrected chi connectivity index (χ1v) is 32.8. The maximum absolute atomic E-state index is 14.6. The Labute approximate surface area is 578 Å². The number of nitrogens with zero attached hydrogens (tertiary/aromatic N) is 4. The van der Waals surface area contributed by atoms with Crippen LogP contribution in [0.5, 0.6) is 5.75 Å². The molecule has 536 valence electrons. The van der Waals surface area contributed by atoms with E-state index in [0.29, 0.717) is 33.8 Å². The lowest BCUT2D eigenvalue weighted by Crippen LogP contribution is -2.63. The number of rotatable bonds is 36. The van der Waals surface area contributed by atoms with E-state index in [2.05, 4.69) is 43.5 Å². The second-order valence-corrected chi connectivity index (χ2v) is 25.3. The van der Waals surface area contributed by atoms with E-state index in [9.17, 15) is 53.1 Å². The summed E-state index contributed by atoms with van der Waals surface area (Å²) in [6, 6.07) is 7.17. The Morgan fingerprint density at radius 3 is 2.29 bits per heavy atom. The lowest BCUT2D eigenvalue weighted by Gasteiger charge is -2.42. The molecule has 0 spiro atoms. The number of urea groups is 1. The molecule has 30 nitrogen and oxygen atoms in total. The number of nitrogens with two attached hydrogens (primary N) is 1. The average molecular weight is 1410 g/mol. The summed E-state index contributed by atoms with van der Waals surface area (Å²) in [6.07, 6.45) is -1.65. The largest absolute Gasteiger partial charge is 0.495 e. The number of carbonyl (C=O) groups excluding carboxylic acids is 10. The van der Waals surface area contributed by atoms with Crippen LogP contribution in [0.2, 0.25) is 5.02 Å². The lowest BCUT2D eigenvalue weighted by atomic mass is 9.83. The fraction of sp³-hybridized carbons (Fsp3) is 0.545. The molecule has 9 amide bonds. The fourth-order valence-corrected chi connectivity index (χ4v) is 11.5. The van der Waals surface area contributed by atoms with Crippen LogP contribution in [0.3, 0.4) is 0 Å². The van der Waals surface area contributed by atoms with E-state index in [1.165, 1.54) is 63.2 Å². The zero-order chi connectivity index (χ0) is 72.3. The van der Waals surface area contributed by atoms with Gasteiger partial charge in [0.05, 0.1) is 63.7 Å². The number of anilines is 2. The number of amides is 9. The highest BCUT2D eigenvalue weighted by atomic mass is 35.5. The normalized spacial score (nSPS) is 20.1. The molecule has 1 aromatic heterocycles. The Morgan fingerprint density at radius 1 is 0.949 bits per heavy atom. The van der Waals surface area contributed by atoms with Gasteiger partial charge in [-0.1, -0.05) is 50.1 Å². The number of imide groups is 1. The van der Waals surface area contributed by atoms with E-state index in [1.807, 2.05) is 19.9 Å². The van der Waals surface area contributed by atoms with Gasteiger partial charge in [-0.25, -0.2) is 24.2 Å². The summed E-state index contributed by atoms with van der Waals surface area (Å²) in [5.74, 6) is -5.71. The number of esters is 1. The number of carbonyl (C=O) groups is 10. The zero-order valence-corrected chi connectivity index (χ0v) is 58.5. The number of hydrogen-bond acceptors (Lipinski definition) is 21. The molecule has 3 fully saturated rings. The van der Waals surface area contributed by atoms with E-state index in [0.717, 1.165) is 11.1 Å². The van der Waals surface area contributed by atoms with Crippen LogP contribution in [0.4, 0.5) is 21.1 Å². The Hall–Kier alpha value is -8.59. The number of nitrogens with one attached hydrogen (secondary N) is 6. The number of methoxy groups -OCH3 is 2. The van der Waals surface area contributed by atoms with Crippen molar-refractivity contribution in [2.75, 3.05) is 78.0 Å². The maximum atomic E-state index is 14.6. The molecular formula is C66H90ClN11O19S. The van der Waals surface area contributed by atoms with Crippen LogP contribution in [0, 0.1) is 11.8 Å². The maximum Gasteiger partial charge on any atom is 0.409 e. The number of aromatic nitrogens is 1. The van der Waals surface area contributed by atoms with Crippen molar-refractivity contribution in [3.05, 3.63) is 82.9 Å². The van der Waals surface area contributed by atoms with Crippen molar-refractivity contribution in [2.24, 2.45) is 17.6 Å². The standard InChI is InChI=1S/C66H90ClN11O19S/c1-13-37(5)30-40-31-45(55(67)46(32-40)90-11)77(10)53(81)34-49(65(8)57(96-65)38(6)47-35-66(89,48(14-2)91-12)75-64(88)94-47)95-61(86)39(7)76(9)60(85)42-17-19-43-41(33-42)18-20-50(71-43)73-58(83)44(16-15-24-69-62(68)87)72-59(84)56(36(3)4)74-63(98)70-25-27-93-29-28-92-26-23-54(82)97-78-51(79)21-22-52(78)80/h13-14,17-20,31-33,36,38-39,44,47-49,56-57,89H,2,15-16,21-30,34-35H2,1,3-12H3,(H,72,84)(H,75,88)(H3,68,69,87)(H2,70,74,98)(H,71,73,83)/b37-13+/t38-,39+,44+,47+,48-,49+,56+,57+,65+,66+/m1/s1. The molecule has 3 aliphatic rings. The van der Waals surface area contributed by atoms with Gasteiger partial charge >= 0.3 is 24.1 Å². The van der Waals surface area contributed by atoms with Crippen LogP contribution in [-0.2, 0) is 73.2 Å². The topological polar surface area (TPSA) is 389 Å². The molecule has 0 unspecified atom stereocenters. The van der Waals surface area contributed by atoms with E-state index >= 15 is 0 Å². The number of allylic oxidation sites excluding steroid dienone is 2. The van der Waals surface area contributed by atoms with Crippen molar-refractivity contribution < 1.29 is 91.0 Å². The summed E-state index contributed by atoms with van der Waals surface area (Å²) < 4.78 is 40.2. The van der Waals surface area contributed by atoms with Gasteiger partial charge in [0.25, 0.3) is 17.7 Å². The third-order valence-corrected chi connectivity index (χ3v) is 17.7. The van der Waals surface area contributed by atoms with Gasteiger partial charge in [-0.15, -0.1) is 11.6 Å². The minimum absolute atomic E-state index is 0.0123. The van der Waals surface area contributed by atoms with Gasteiger partial charge in [-0.05, 0) is 113 Å². The SMILES string of the molecule is C=C[C@@H](OC)[C@@]1(O)C[C@@H]([C@@H](C)[C@@H]2O[C@@]2(C)[C@H](CC(=O)N(C)c2cc(C/C(C)=C/C)cc(OC)c2Cl)OC(=O)[C@H](C)N(C)C(=O)c2ccc3nc(NC(=O)[C@H](CCCNC(N)=O)NC(=O)[C@@H](NC(=S)NCCOCCOCCC(=O)ON4C(=O)CCC4=O)C(C)C)ccc3c2)OC(=O)N1. The van der Waals surface area contributed by atoms with E-state index in [-0.39, 0.29) is 105 Å². The number of likely N-dealkylation sites (N-methyl/N-ethyl adjacent to an activating group) is 1. The number of ether oxygens (including phenoxy) is 7. The molecule has 3 aromatic rings. The number of epoxide rings is 1. The summed E-state index contributed by atoms with van der Waals surface area (Å²) in [4.78, 5) is 143. The van der Waals surface area contributed by atoms with Crippen molar-refractivity contribution in [2.45, 2.75) is 154 Å². The number of fused-ring (bicyclic) bond motifs is 1.